The predicted octanol–water partition coefficient (Wildman–Crippen LogP) is 3.04. The zero-order chi connectivity index (χ0) is 13.4. The largest absolute Gasteiger partial charge is 0.387 e. The maximum absolute atomic E-state index is 10.9. The standard InChI is InChI=1S/C15H28O3/c1-13(2)11-15(16,14(3,4)18-13)9-5-7-12-8-6-10-17-12/h12,16H,5-11H2,1-4H3. The van der Waals surface area contributed by atoms with Crippen LogP contribution >= 0.6 is 0 Å². The van der Waals surface area contributed by atoms with E-state index in [1.54, 1.807) is 0 Å². The average molecular weight is 256 g/mol. The normalized spacial score (nSPS) is 38.2. The number of hydrogen-bond acceptors (Lipinski definition) is 3. The zero-order valence-corrected chi connectivity index (χ0v) is 12.3. The van der Waals surface area contributed by atoms with Crippen LogP contribution in [0.1, 0.15) is 66.2 Å². The third-order valence-electron chi connectivity index (χ3n) is 4.51. The lowest BCUT2D eigenvalue weighted by atomic mass is 9.78. The molecule has 3 heteroatoms. The Kier molecular flexibility index (Phi) is 3.79. The second kappa shape index (κ2) is 4.77. The summed E-state index contributed by atoms with van der Waals surface area (Å²) in [5.74, 6) is 0. The van der Waals surface area contributed by atoms with Crippen molar-refractivity contribution in [1.82, 2.24) is 0 Å². The van der Waals surface area contributed by atoms with E-state index in [4.69, 9.17) is 9.47 Å². The van der Waals surface area contributed by atoms with E-state index in [1.165, 1.54) is 12.8 Å². The molecule has 0 saturated carbocycles. The van der Waals surface area contributed by atoms with Gasteiger partial charge in [-0.3, -0.25) is 0 Å². The van der Waals surface area contributed by atoms with Gasteiger partial charge in [-0.1, -0.05) is 0 Å². The molecule has 2 heterocycles. The van der Waals surface area contributed by atoms with Crippen LogP contribution in [0.3, 0.4) is 0 Å². The lowest BCUT2D eigenvalue weighted by molar-refractivity contribution is -0.129. The van der Waals surface area contributed by atoms with Crippen molar-refractivity contribution in [3.05, 3.63) is 0 Å². The average Bonchev–Trinajstić information content (AvgIpc) is 2.71. The third-order valence-corrected chi connectivity index (χ3v) is 4.51. The van der Waals surface area contributed by atoms with Crippen LogP contribution in [-0.4, -0.2) is 34.6 Å². The minimum Gasteiger partial charge on any atom is -0.387 e. The fraction of sp³-hybridized carbons (Fsp3) is 1.00. The van der Waals surface area contributed by atoms with Crippen LogP contribution in [-0.2, 0) is 9.47 Å². The zero-order valence-electron chi connectivity index (χ0n) is 12.3. The molecule has 2 atom stereocenters. The van der Waals surface area contributed by atoms with Gasteiger partial charge < -0.3 is 14.6 Å². The molecule has 2 aliphatic rings. The molecule has 3 nitrogen and oxygen atoms in total. The van der Waals surface area contributed by atoms with E-state index < -0.39 is 11.2 Å². The van der Waals surface area contributed by atoms with Gasteiger partial charge in [0.05, 0.1) is 22.9 Å². The Labute approximate surface area is 111 Å². The van der Waals surface area contributed by atoms with Crippen molar-refractivity contribution < 1.29 is 14.6 Å². The second-order valence-electron chi connectivity index (χ2n) is 7.11. The monoisotopic (exact) mass is 256 g/mol. The SMILES string of the molecule is CC1(C)CC(O)(CCCC2CCCO2)C(C)(C)O1. The molecule has 2 fully saturated rings. The van der Waals surface area contributed by atoms with Crippen molar-refractivity contribution in [3.63, 3.8) is 0 Å². The van der Waals surface area contributed by atoms with E-state index in [1.807, 2.05) is 13.8 Å². The molecule has 0 aromatic heterocycles. The molecule has 0 spiro atoms. The first-order valence-electron chi connectivity index (χ1n) is 7.28. The highest BCUT2D eigenvalue weighted by molar-refractivity contribution is 5.06. The maximum atomic E-state index is 10.9. The molecule has 2 unspecified atom stereocenters. The van der Waals surface area contributed by atoms with Crippen LogP contribution < -0.4 is 0 Å². The molecule has 1 N–H and O–H groups in total. The Morgan fingerprint density at radius 1 is 1.22 bits per heavy atom. The summed E-state index contributed by atoms with van der Waals surface area (Å²) < 4.78 is 11.6. The fourth-order valence-electron chi connectivity index (χ4n) is 3.62. The molecule has 0 bridgehead atoms. The van der Waals surface area contributed by atoms with Gasteiger partial charge in [-0.05, 0) is 59.8 Å². The molecule has 2 aliphatic heterocycles. The molecule has 0 radical (unpaired) electrons. The molecule has 0 aromatic carbocycles. The first-order chi connectivity index (χ1) is 8.24. The van der Waals surface area contributed by atoms with Gasteiger partial charge in [0.2, 0.25) is 0 Å². The number of rotatable bonds is 4. The van der Waals surface area contributed by atoms with Crippen LogP contribution in [0.15, 0.2) is 0 Å². The summed E-state index contributed by atoms with van der Waals surface area (Å²) in [4.78, 5) is 0. The van der Waals surface area contributed by atoms with Gasteiger partial charge in [-0.25, -0.2) is 0 Å². The van der Waals surface area contributed by atoms with Crippen molar-refractivity contribution in [3.8, 4) is 0 Å². The van der Waals surface area contributed by atoms with Gasteiger partial charge >= 0.3 is 0 Å². The molecular formula is C15H28O3. The highest BCUT2D eigenvalue weighted by Gasteiger charge is 2.55. The van der Waals surface area contributed by atoms with E-state index in [2.05, 4.69) is 13.8 Å². The number of hydrogen-bond donors (Lipinski definition) is 1. The van der Waals surface area contributed by atoms with Crippen LogP contribution in [0.2, 0.25) is 0 Å². The minimum atomic E-state index is -0.699. The topological polar surface area (TPSA) is 38.7 Å². The van der Waals surface area contributed by atoms with Crippen LogP contribution in [0.4, 0.5) is 0 Å². The highest BCUT2D eigenvalue weighted by Crippen LogP contribution is 2.47. The smallest absolute Gasteiger partial charge is 0.0958 e. The van der Waals surface area contributed by atoms with Crippen molar-refractivity contribution in [1.29, 1.82) is 0 Å². The Hall–Kier alpha value is -0.120. The van der Waals surface area contributed by atoms with Gasteiger partial charge in [0.15, 0.2) is 0 Å². The molecular weight excluding hydrogens is 228 g/mol. The van der Waals surface area contributed by atoms with Gasteiger partial charge in [0.1, 0.15) is 0 Å². The summed E-state index contributed by atoms with van der Waals surface area (Å²) in [5, 5.41) is 10.9. The Morgan fingerprint density at radius 2 is 1.94 bits per heavy atom. The first-order valence-corrected chi connectivity index (χ1v) is 7.28. The van der Waals surface area contributed by atoms with Crippen LogP contribution in [0.5, 0.6) is 0 Å². The van der Waals surface area contributed by atoms with Crippen molar-refractivity contribution in [2.75, 3.05) is 6.61 Å². The van der Waals surface area contributed by atoms with E-state index in [-0.39, 0.29) is 5.60 Å². The van der Waals surface area contributed by atoms with Gasteiger partial charge in [0.25, 0.3) is 0 Å². The third kappa shape index (κ3) is 2.89. The minimum absolute atomic E-state index is 0.220. The maximum Gasteiger partial charge on any atom is 0.0958 e. The molecule has 2 saturated heterocycles. The lowest BCUT2D eigenvalue weighted by Gasteiger charge is -2.35. The van der Waals surface area contributed by atoms with E-state index in [9.17, 15) is 5.11 Å². The first kappa shape index (κ1) is 14.3. The molecule has 106 valence electrons. The molecule has 2 rings (SSSR count). The summed E-state index contributed by atoms with van der Waals surface area (Å²) >= 11 is 0. The summed E-state index contributed by atoms with van der Waals surface area (Å²) in [7, 11) is 0. The van der Waals surface area contributed by atoms with E-state index in [0.717, 1.165) is 32.3 Å². The van der Waals surface area contributed by atoms with Gasteiger partial charge in [0, 0.05) is 13.0 Å². The fourth-order valence-corrected chi connectivity index (χ4v) is 3.62. The van der Waals surface area contributed by atoms with Crippen molar-refractivity contribution in [2.45, 2.75) is 89.1 Å². The van der Waals surface area contributed by atoms with Crippen molar-refractivity contribution >= 4 is 0 Å². The van der Waals surface area contributed by atoms with E-state index >= 15 is 0 Å². The molecule has 0 aliphatic carbocycles. The lowest BCUT2D eigenvalue weighted by Crippen LogP contribution is -2.46. The van der Waals surface area contributed by atoms with E-state index in [0.29, 0.717) is 6.10 Å². The molecule has 0 amide bonds. The Balaban J connectivity index is 1.86. The number of aliphatic hydroxyl groups is 1. The Morgan fingerprint density at radius 3 is 2.44 bits per heavy atom. The number of ether oxygens (including phenoxy) is 2. The highest BCUT2D eigenvalue weighted by atomic mass is 16.5. The summed E-state index contributed by atoms with van der Waals surface area (Å²) in [6.45, 7) is 9.05. The molecule has 18 heavy (non-hydrogen) atoms. The van der Waals surface area contributed by atoms with Crippen molar-refractivity contribution in [2.24, 2.45) is 0 Å². The second-order valence-corrected chi connectivity index (χ2v) is 7.11. The van der Waals surface area contributed by atoms with Crippen LogP contribution in [0.25, 0.3) is 0 Å². The summed E-state index contributed by atoms with van der Waals surface area (Å²) in [6.07, 6.45) is 6.41. The Bertz CT molecular complexity index is 292. The molecule has 0 aromatic rings. The predicted molar refractivity (Wildman–Crippen MR) is 71.6 cm³/mol. The summed E-state index contributed by atoms with van der Waals surface area (Å²) in [5.41, 5.74) is -1.37. The summed E-state index contributed by atoms with van der Waals surface area (Å²) in [6, 6.07) is 0. The quantitative estimate of drug-likeness (QED) is 0.840. The van der Waals surface area contributed by atoms with Gasteiger partial charge in [-0.15, -0.1) is 0 Å². The van der Waals surface area contributed by atoms with Gasteiger partial charge in [-0.2, -0.15) is 0 Å². The van der Waals surface area contributed by atoms with Crippen LogP contribution in [0, 0.1) is 0 Å².